The number of epoxide rings is 1. The van der Waals surface area contributed by atoms with Crippen molar-refractivity contribution < 1.29 is 76.7 Å². The highest BCUT2D eigenvalue weighted by Gasteiger charge is 2.64. The van der Waals surface area contributed by atoms with E-state index in [0.29, 0.717) is 55.8 Å². The van der Waals surface area contributed by atoms with Crippen molar-refractivity contribution >= 4 is 93.6 Å². The van der Waals surface area contributed by atoms with Gasteiger partial charge in [0.25, 0.3) is 5.91 Å². The van der Waals surface area contributed by atoms with Gasteiger partial charge in [-0.15, -0.1) is 15.0 Å². The van der Waals surface area contributed by atoms with Crippen LogP contribution in [0.15, 0.2) is 35.9 Å². The summed E-state index contributed by atoms with van der Waals surface area (Å²) in [6, 6.07) is 3.57. The zero-order chi connectivity index (χ0) is 53.4. The normalized spacial score (nSPS) is 31.3. The number of anilines is 1. The maximum Gasteiger partial charge on any atom is 0.409 e. The van der Waals surface area contributed by atoms with Crippen LogP contribution in [0, 0.1) is 17.8 Å². The van der Waals surface area contributed by atoms with Gasteiger partial charge in [0.2, 0.25) is 17.7 Å². The molecule has 20 nitrogen and oxygen atoms in total. The van der Waals surface area contributed by atoms with Crippen LogP contribution in [0.2, 0.25) is 5.02 Å². The predicted octanol–water partition coefficient (Wildman–Crippen LogP) is 5.80. The molecule has 9 atom stereocenters. The molecule has 0 radical (unpaired) electrons. The van der Waals surface area contributed by atoms with Crippen molar-refractivity contribution in [2.24, 2.45) is 17.8 Å². The van der Waals surface area contributed by atoms with E-state index in [1.165, 1.54) is 42.7 Å². The van der Waals surface area contributed by atoms with Crippen LogP contribution in [0.25, 0.3) is 0 Å². The summed E-state index contributed by atoms with van der Waals surface area (Å²) in [5.74, 6) is -2.52. The molecule has 5 amide bonds. The van der Waals surface area contributed by atoms with Crippen molar-refractivity contribution in [3.8, 4) is 5.75 Å². The van der Waals surface area contributed by atoms with Crippen molar-refractivity contribution in [1.29, 1.82) is 0 Å². The molecule has 1 aromatic rings. The minimum atomic E-state index is -1.86. The highest BCUT2D eigenvalue weighted by atomic mass is 127. The number of hydroxylamine groups is 1. The number of nitrogens with zero attached hydrogens (tertiary/aromatic N) is 3. The zero-order valence-electron chi connectivity index (χ0n) is 42.6. The first-order chi connectivity index (χ1) is 34.6. The molecular weight excluding hydrogens is 1110 g/mol. The third-order valence-corrected chi connectivity index (χ3v) is 16.5. The van der Waals surface area contributed by atoms with Gasteiger partial charge in [0.1, 0.15) is 57.5 Å². The Kier molecular flexibility index (Phi) is 20.5. The van der Waals surface area contributed by atoms with Crippen molar-refractivity contribution in [3.63, 3.8) is 0 Å². The Hall–Kier alpha value is -4.04. The van der Waals surface area contributed by atoms with E-state index in [4.69, 9.17) is 49.6 Å². The number of methoxy groups -OCH3 is 2. The summed E-state index contributed by atoms with van der Waals surface area (Å²) in [6.07, 6.45) is 2.29. The fraction of sp³-hybridized carbons (Fsp3) is 0.660. The van der Waals surface area contributed by atoms with Crippen molar-refractivity contribution in [2.45, 2.75) is 140 Å². The smallest absolute Gasteiger partial charge is 0.409 e. The van der Waals surface area contributed by atoms with Crippen LogP contribution in [0.4, 0.5) is 10.5 Å². The van der Waals surface area contributed by atoms with E-state index < -0.39 is 77.0 Å². The van der Waals surface area contributed by atoms with E-state index in [2.05, 4.69) is 5.32 Å². The number of hydrogen-bond donors (Lipinski definition) is 2. The molecule has 6 rings (SSSR count). The number of nitrogens with one attached hydrogen (secondary N) is 1. The topological polar surface area (TPSA) is 239 Å². The SMILES string of the molecule is CCC(=O)N(I)OC(=O)[C@H]1CC[C@H](CN2C(=O)CC(SCCOCCO[C@@H](C)C(=O)O[C@H]3CC(=O)N(C)c4cc(cc(OC)c4Cl)C/C(C)=C/C=C/[C@@H](OC)[C@@]4(O)CC(OC(=O)N4)[C@@H](C)[C@@H]4O[C@@]34C)C2=O)CC1. The number of carbonyl (C=O) groups excluding carboxylic acids is 7. The van der Waals surface area contributed by atoms with Gasteiger partial charge in [-0.2, -0.15) is 0 Å². The lowest BCUT2D eigenvalue weighted by atomic mass is 9.82. The average molecular weight is 1180 g/mol. The summed E-state index contributed by atoms with van der Waals surface area (Å²) < 4.78 is 41.8. The van der Waals surface area contributed by atoms with Crippen LogP contribution >= 0.6 is 46.2 Å². The third-order valence-electron chi connectivity index (χ3n) is 14.2. The number of fused-ring (bicyclic) bond motifs is 5. The number of carbonyl (C=O) groups is 7. The van der Waals surface area contributed by atoms with Crippen LogP contribution in [-0.4, -0.2) is 155 Å². The van der Waals surface area contributed by atoms with E-state index in [0.717, 1.165) is 14.4 Å². The second-order valence-electron chi connectivity index (χ2n) is 19.4. The Balaban J connectivity index is 1.02. The van der Waals surface area contributed by atoms with Crippen LogP contribution < -0.4 is 15.0 Å². The van der Waals surface area contributed by atoms with Gasteiger partial charge in [0, 0.05) is 51.6 Å². The summed E-state index contributed by atoms with van der Waals surface area (Å²) in [4.78, 5) is 99.4. The fourth-order valence-electron chi connectivity index (χ4n) is 9.69. The summed E-state index contributed by atoms with van der Waals surface area (Å²) in [5, 5.41) is 14.0. The van der Waals surface area contributed by atoms with E-state index in [1.807, 2.05) is 13.0 Å². The number of hydrogen-bond acceptors (Lipinski definition) is 17. The summed E-state index contributed by atoms with van der Waals surface area (Å²) in [5.41, 5.74) is -1.03. The number of allylic oxidation sites excluding steroid dienone is 3. The van der Waals surface area contributed by atoms with Gasteiger partial charge >= 0.3 is 18.0 Å². The Morgan fingerprint density at radius 1 is 1.07 bits per heavy atom. The number of ether oxygens (including phenoxy) is 7. The maximum atomic E-state index is 14.3. The molecule has 23 heteroatoms. The lowest BCUT2D eigenvalue weighted by Crippen LogP contribution is -2.63. The van der Waals surface area contributed by atoms with Crippen molar-refractivity contribution in [3.05, 3.63) is 46.5 Å². The maximum absolute atomic E-state index is 14.3. The van der Waals surface area contributed by atoms with Gasteiger partial charge in [-0.05, 0) is 76.5 Å². The number of imide groups is 1. The molecule has 5 aliphatic rings. The van der Waals surface area contributed by atoms with Crippen LogP contribution in [-0.2, 0) is 68.4 Å². The standard InChI is InChI=1S/C50H68ClIN4O16S/c1-9-40(57)56(52)72-47(62)33-15-13-31(14-16-33)27-55-42(59)24-37(45(55)60)73-20-19-67-17-18-68-30(4)46(61)70-39-25-41(58)54(6)34-22-32(23-35(65-7)43(34)51)21-28(2)11-10-12-38(66-8)50(64)26-36(69-48(63)53-50)29(3)44-49(39,5)71-44/h10-12,22-23,29-31,33,36-39,44,64H,9,13-21,24-27H2,1-8H3,(H,53,63)/b12-10+,28-11+/t29-,30+,31-,33-,36?,37?,38-,39+,44+,49+,50+/m1/s1. The quantitative estimate of drug-likeness (QED) is 0.0378. The lowest BCUT2D eigenvalue weighted by molar-refractivity contribution is -0.178. The largest absolute Gasteiger partial charge is 0.495 e. The molecule has 2 N–H and O–H groups in total. The van der Waals surface area contributed by atoms with E-state index in [1.54, 1.807) is 75.0 Å². The zero-order valence-corrected chi connectivity index (χ0v) is 46.3. The number of benzene rings is 1. The van der Waals surface area contributed by atoms with Gasteiger partial charge in [-0.1, -0.05) is 49.2 Å². The number of thioether (sulfide) groups is 1. The number of rotatable bonds is 16. The number of aliphatic hydroxyl groups is 1. The third kappa shape index (κ3) is 14.5. The number of amides is 5. The molecule has 1 aliphatic carbocycles. The molecule has 73 heavy (non-hydrogen) atoms. The van der Waals surface area contributed by atoms with Crippen LogP contribution in [0.3, 0.4) is 0 Å². The second kappa shape index (κ2) is 25.7. The predicted molar refractivity (Wildman–Crippen MR) is 275 cm³/mol. The minimum absolute atomic E-state index is 0.00939. The Morgan fingerprint density at radius 2 is 1.79 bits per heavy atom. The van der Waals surface area contributed by atoms with Gasteiger partial charge in [0.15, 0.2) is 11.8 Å². The summed E-state index contributed by atoms with van der Waals surface area (Å²) in [6.45, 7) is 9.26. The molecule has 3 saturated heterocycles. The molecule has 2 unspecified atom stereocenters. The Labute approximate surface area is 449 Å². The Bertz CT molecular complexity index is 2280. The van der Waals surface area contributed by atoms with E-state index >= 15 is 0 Å². The molecule has 1 saturated carbocycles. The van der Waals surface area contributed by atoms with Crippen LogP contribution in [0.1, 0.15) is 91.5 Å². The molecule has 4 heterocycles. The van der Waals surface area contributed by atoms with Gasteiger partial charge in [-0.25, -0.2) is 14.4 Å². The molecule has 4 bridgehead atoms. The number of alkyl carbamates (subject to hydrolysis) is 1. The molecule has 404 valence electrons. The average Bonchev–Trinajstić information content (AvgIpc) is 3.99. The summed E-state index contributed by atoms with van der Waals surface area (Å²) >= 11 is 9.80. The molecule has 0 spiro atoms. The van der Waals surface area contributed by atoms with Gasteiger partial charge in [-0.3, -0.25) is 29.4 Å². The number of halogens is 2. The van der Waals surface area contributed by atoms with Gasteiger partial charge in [0.05, 0.1) is 56.3 Å². The molecular formula is C50H68ClIN4O16S. The number of esters is 1. The molecule has 4 aliphatic heterocycles. The van der Waals surface area contributed by atoms with E-state index in [9.17, 15) is 38.7 Å². The first-order valence-corrected chi connectivity index (χ1v) is 27.0. The summed E-state index contributed by atoms with van der Waals surface area (Å²) in [7, 11) is 4.47. The first-order valence-electron chi connectivity index (χ1n) is 24.6. The van der Waals surface area contributed by atoms with Gasteiger partial charge < -0.3 is 48.0 Å². The van der Waals surface area contributed by atoms with Crippen LogP contribution in [0.5, 0.6) is 5.75 Å². The monoisotopic (exact) mass is 1170 g/mol. The lowest BCUT2D eigenvalue weighted by Gasteiger charge is -2.42. The highest BCUT2D eigenvalue weighted by Crippen LogP contribution is 2.49. The second-order valence-corrected chi connectivity index (χ2v) is 21.9. The minimum Gasteiger partial charge on any atom is -0.495 e. The first kappa shape index (κ1) is 58.2. The number of likely N-dealkylation sites (tertiary alicyclic amines) is 1. The van der Waals surface area contributed by atoms with E-state index in [-0.39, 0.29) is 80.1 Å². The van der Waals surface area contributed by atoms with Crippen molar-refractivity contribution in [2.75, 3.05) is 58.3 Å². The highest BCUT2D eigenvalue weighted by molar-refractivity contribution is 14.1. The molecule has 4 fully saturated rings. The fourth-order valence-corrected chi connectivity index (χ4v) is 11.6. The Morgan fingerprint density at radius 3 is 2.48 bits per heavy atom. The van der Waals surface area contributed by atoms with Crippen molar-refractivity contribution in [1.82, 2.24) is 13.5 Å². The molecule has 0 aromatic heterocycles. The molecule has 1 aromatic carbocycles.